The highest BCUT2D eigenvalue weighted by Crippen LogP contribution is 2.29. The van der Waals surface area contributed by atoms with Crippen LogP contribution < -0.4 is 4.90 Å². The Kier molecular flexibility index (Phi) is 4.38. The molecule has 0 aliphatic heterocycles. The lowest BCUT2D eigenvalue weighted by Gasteiger charge is -2.25. The zero-order valence-corrected chi connectivity index (χ0v) is 10.3. The Morgan fingerprint density at radius 3 is 2.82 bits per heavy atom. The van der Waals surface area contributed by atoms with E-state index < -0.39 is 10.9 Å². The molecular formula is C9H13N3O4S. The summed E-state index contributed by atoms with van der Waals surface area (Å²) in [6, 6.07) is -0.0307. The number of hydrogen-bond acceptors (Lipinski definition) is 6. The van der Waals surface area contributed by atoms with E-state index in [4.69, 9.17) is 5.11 Å². The van der Waals surface area contributed by atoms with Crippen LogP contribution in [0.2, 0.25) is 0 Å². The fourth-order valence-corrected chi connectivity index (χ4v) is 2.09. The minimum Gasteiger partial charge on any atom is -0.480 e. The van der Waals surface area contributed by atoms with Gasteiger partial charge in [-0.25, -0.2) is 4.98 Å². The monoisotopic (exact) mass is 259 g/mol. The molecule has 1 unspecified atom stereocenters. The topological polar surface area (TPSA) is 96.6 Å². The van der Waals surface area contributed by atoms with Crippen molar-refractivity contribution >= 4 is 27.4 Å². The number of hydrogen-bond donors (Lipinski definition) is 1. The summed E-state index contributed by atoms with van der Waals surface area (Å²) in [5.74, 6) is -0.983. The molecule has 0 fully saturated rings. The lowest BCUT2D eigenvalue weighted by molar-refractivity contribution is -0.380. The van der Waals surface area contributed by atoms with Gasteiger partial charge in [0.1, 0.15) is 12.7 Å². The third-order valence-electron chi connectivity index (χ3n) is 2.34. The first-order valence-electron chi connectivity index (χ1n) is 5.04. The summed E-state index contributed by atoms with van der Waals surface area (Å²) < 4.78 is 0. The maximum atomic E-state index is 10.7. The normalized spacial score (nSPS) is 12.1. The van der Waals surface area contributed by atoms with Crippen LogP contribution in [0.4, 0.5) is 10.1 Å². The standard InChI is InChI=1S/C9H13N3O4S/c1-3-6(2)11(5-8(13)14)9-10-4-7(17-9)12(15)16/h4,6H,3,5H2,1-2H3,(H,13,14). The molecular weight excluding hydrogens is 246 g/mol. The highest BCUT2D eigenvalue weighted by molar-refractivity contribution is 7.18. The van der Waals surface area contributed by atoms with E-state index >= 15 is 0 Å². The number of carbonyl (C=O) groups is 1. The number of rotatable bonds is 6. The number of anilines is 1. The van der Waals surface area contributed by atoms with Crippen molar-refractivity contribution in [1.82, 2.24) is 4.98 Å². The molecule has 0 aliphatic carbocycles. The molecule has 0 aromatic carbocycles. The Labute approximate surface area is 102 Å². The van der Waals surface area contributed by atoms with E-state index in [-0.39, 0.29) is 17.6 Å². The summed E-state index contributed by atoms with van der Waals surface area (Å²) in [7, 11) is 0. The highest BCUT2D eigenvalue weighted by atomic mass is 32.1. The van der Waals surface area contributed by atoms with Gasteiger partial charge in [-0.1, -0.05) is 6.92 Å². The van der Waals surface area contributed by atoms with Gasteiger partial charge in [-0.2, -0.15) is 0 Å². The minimum atomic E-state index is -0.983. The Balaban J connectivity index is 2.95. The second-order valence-corrected chi connectivity index (χ2v) is 4.50. The summed E-state index contributed by atoms with van der Waals surface area (Å²) in [6.45, 7) is 3.57. The van der Waals surface area contributed by atoms with Crippen molar-refractivity contribution in [3.05, 3.63) is 16.3 Å². The van der Waals surface area contributed by atoms with E-state index in [2.05, 4.69) is 4.98 Å². The quantitative estimate of drug-likeness (QED) is 0.617. The van der Waals surface area contributed by atoms with Crippen LogP contribution in [-0.4, -0.2) is 33.6 Å². The Bertz CT molecular complexity index is 420. The number of thiazole rings is 1. The Morgan fingerprint density at radius 1 is 1.76 bits per heavy atom. The van der Waals surface area contributed by atoms with Crippen molar-refractivity contribution < 1.29 is 14.8 Å². The minimum absolute atomic E-state index is 0.0307. The van der Waals surface area contributed by atoms with Gasteiger partial charge in [-0.3, -0.25) is 14.9 Å². The molecule has 0 saturated heterocycles. The second-order valence-electron chi connectivity index (χ2n) is 3.52. The second kappa shape index (κ2) is 5.58. The lowest BCUT2D eigenvalue weighted by atomic mass is 10.2. The summed E-state index contributed by atoms with van der Waals surface area (Å²) in [5.41, 5.74) is 0. The smallest absolute Gasteiger partial charge is 0.345 e. The van der Waals surface area contributed by atoms with Gasteiger partial charge in [0.2, 0.25) is 0 Å². The van der Waals surface area contributed by atoms with Crippen molar-refractivity contribution in [3.63, 3.8) is 0 Å². The molecule has 0 bridgehead atoms. The third kappa shape index (κ3) is 3.38. The summed E-state index contributed by atoms with van der Waals surface area (Å²) >= 11 is 0.887. The number of aliphatic carboxylic acids is 1. The van der Waals surface area contributed by atoms with Gasteiger partial charge in [0.25, 0.3) is 0 Å². The van der Waals surface area contributed by atoms with Gasteiger partial charge in [-0.15, -0.1) is 0 Å². The van der Waals surface area contributed by atoms with Crippen LogP contribution in [0.1, 0.15) is 20.3 Å². The van der Waals surface area contributed by atoms with Crippen molar-refractivity contribution in [2.24, 2.45) is 0 Å². The largest absolute Gasteiger partial charge is 0.480 e. The summed E-state index contributed by atoms with van der Waals surface area (Å²) in [4.78, 5) is 26.2. The van der Waals surface area contributed by atoms with Gasteiger partial charge >= 0.3 is 11.0 Å². The van der Waals surface area contributed by atoms with Crippen LogP contribution >= 0.6 is 11.3 Å². The molecule has 0 radical (unpaired) electrons. The van der Waals surface area contributed by atoms with E-state index in [1.54, 1.807) is 4.90 Å². The van der Waals surface area contributed by atoms with E-state index in [9.17, 15) is 14.9 Å². The number of nitro groups is 1. The molecule has 1 atom stereocenters. The van der Waals surface area contributed by atoms with Crippen molar-refractivity contribution in [2.75, 3.05) is 11.4 Å². The lowest BCUT2D eigenvalue weighted by Crippen LogP contribution is -2.37. The maximum Gasteiger partial charge on any atom is 0.345 e. The van der Waals surface area contributed by atoms with Crippen molar-refractivity contribution in [2.45, 2.75) is 26.3 Å². The van der Waals surface area contributed by atoms with Gasteiger partial charge < -0.3 is 10.0 Å². The number of aromatic nitrogens is 1. The highest BCUT2D eigenvalue weighted by Gasteiger charge is 2.22. The summed E-state index contributed by atoms with van der Waals surface area (Å²) in [5, 5.41) is 19.6. The molecule has 1 aromatic rings. The van der Waals surface area contributed by atoms with Crippen molar-refractivity contribution in [3.8, 4) is 0 Å². The molecule has 1 rings (SSSR count). The Morgan fingerprint density at radius 2 is 2.41 bits per heavy atom. The van der Waals surface area contributed by atoms with E-state index in [0.717, 1.165) is 24.0 Å². The molecule has 1 aromatic heterocycles. The molecule has 17 heavy (non-hydrogen) atoms. The first kappa shape index (κ1) is 13.4. The average molecular weight is 259 g/mol. The molecule has 8 heteroatoms. The molecule has 1 heterocycles. The predicted molar refractivity (Wildman–Crippen MR) is 63.5 cm³/mol. The Hall–Kier alpha value is -1.70. The van der Waals surface area contributed by atoms with Gasteiger partial charge in [0, 0.05) is 6.04 Å². The van der Waals surface area contributed by atoms with Crippen LogP contribution in [0.5, 0.6) is 0 Å². The fourth-order valence-electron chi connectivity index (χ4n) is 1.25. The molecule has 0 saturated carbocycles. The average Bonchev–Trinajstić information content (AvgIpc) is 2.73. The molecule has 1 N–H and O–H groups in total. The molecule has 0 spiro atoms. The van der Waals surface area contributed by atoms with Gasteiger partial charge in [0.15, 0.2) is 5.13 Å². The zero-order valence-electron chi connectivity index (χ0n) is 9.49. The molecule has 0 amide bonds. The molecule has 94 valence electrons. The maximum absolute atomic E-state index is 10.7. The van der Waals surface area contributed by atoms with E-state index in [1.807, 2.05) is 13.8 Å². The van der Waals surface area contributed by atoms with E-state index in [1.165, 1.54) is 0 Å². The van der Waals surface area contributed by atoms with Crippen LogP contribution in [-0.2, 0) is 4.79 Å². The number of carboxylic acid groups (broad SMARTS) is 1. The third-order valence-corrected chi connectivity index (χ3v) is 3.32. The van der Waals surface area contributed by atoms with Crippen molar-refractivity contribution in [1.29, 1.82) is 0 Å². The molecule has 7 nitrogen and oxygen atoms in total. The first-order valence-corrected chi connectivity index (χ1v) is 5.86. The first-order chi connectivity index (χ1) is 7.95. The van der Waals surface area contributed by atoms with E-state index in [0.29, 0.717) is 5.13 Å². The van der Waals surface area contributed by atoms with Crippen LogP contribution in [0.15, 0.2) is 6.20 Å². The number of carboxylic acids is 1. The SMILES string of the molecule is CCC(C)N(CC(=O)O)c1ncc([N+](=O)[O-])s1. The van der Waals surface area contributed by atoms with Crippen LogP contribution in [0.3, 0.4) is 0 Å². The fraction of sp³-hybridized carbons (Fsp3) is 0.556. The zero-order chi connectivity index (χ0) is 13.0. The van der Waals surface area contributed by atoms with Crippen LogP contribution in [0.25, 0.3) is 0 Å². The molecule has 0 aliphatic rings. The van der Waals surface area contributed by atoms with Crippen LogP contribution in [0, 0.1) is 10.1 Å². The summed E-state index contributed by atoms with van der Waals surface area (Å²) in [6.07, 6.45) is 1.89. The number of nitrogens with zero attached hydrogens (tertiary/aromatic N) is 3. The van der Waals surface area contributed by atoms with Gasteiger partial charge in [0.05, 0.1) is 4.92 Å². The van der Waals surface area contributed by atoms with Gasteiger partial charge in [-0.05, 0) is 24.7 Å². The predicted octanol–water partition coefficient (Wildman–Crippen LogP) is 1.74.